The van der Waals surface area contributed by atoms with Crippen LogP contribution in [0.4, 0.5) is 5.69 Å². The molecule has 0 aliphatic carbocycles. The zero-order valence-corrected chi connectivity index (χ0v) is 11.4. The monoisotopic (exact) mass is 275 g/mol. The fraction of sp³-hybridized carbons (Fsp3) is 0.417. The van der Waals surface area contributed by atoms with Gasteiger partial charge in [-0.05, 0) is 30.5 Å². The van der Waals surface area contributed by atoms with Gasteiger partial charge in [0.2, 0.25) is 5.91 Å². The molecule has 0 saturated carbocycles. The van der Waals surface area contributed by atoms with Crippen molar-refractivity contribution in [2.45, 2.75) is 26.1 Å². The smallest absolute Gasteiger partial charge is 0.242 e. The minimum Gasteiger partial charge on any atom is -0.505 e. The number of carbonyl (C=O) groups excluding carboxylic acids is 1. The fourth-order valence-electron chi connectivity index (χ4n) is 1.34. The largest absolute Gasteiger partial charge is 0.505 e. The van der Waals surface area contributed by atoms with Crippen LogP contribution in [0.25, 0.3) is 0 Å². The maximum absolute atomic E-state index is 11.7. The Labute approximate surface area is 111 Å². The molecular formula is C12H15Cl2NO2. The van der Waals surface area contributed by atoms with E-state index >= 15 is 0 Å². The first-order valence-electron chi connectivity index (χ1n) is 5.27. The summed E-state index contributed by atoms with van der Waals surface area (Å²) in [6.45, 7) is 5.40. The molecule has 0 aliphatic heterocycles. The van der Waals surface area contributed by atoms with Crippen molar-refractivity contribution in [3.05, 3.63) is 22.7 Å². The van der Waals surface area contributed by atoms with Gasteiger partial charge in [0.25, 0.3) is 0 Å². The summed E-state index contributed by atoms with van der Waals surface area (Å²) in [6.07, 6.45) is 0. The molecule has 0 fully saturated rings. The second kappa shape index (κ2) is 5.61. The Hall–Kier alpha value is -0.930. The van der Waals surface area contributed by atoms with E-state index in [4.69, 9.17) is 23.2 Å². The molecule has 0 saturated heterocycles. The van der Waals surface area contributed by atoms with Crippen molar-refractivity contribution in [2.24, 2.45) is 5.92 Å². The van der Waals surface area contributed by atoms with Crippen molar-refractivity contribution in [3.8, 4) is 5.75 Å². The summed E-state index contributed by atoms with van der Waals surface area (Å²) in [7, 11) is 0. The molecule has 1 amide bonds. The first-order valence-corrected chi connectivity index (χ1v) is 6.08. The number of benzene rings is 1. The third-order valence-electron chi connectivity index (χ3n) is 2.36. The van der Waals surface area contributed by atoms with E-state index in [1.54, 1.807) is 13.0 Å². The van der Waals surface area contributed by atoms with Gasteiger partial charge in [-0.3, -0.25) is 4.79 Å². The Morgan fingerprint density at radius 2 is 2.00 bits per heavy atom. The molecule has 0 spiro atoms. The number of rotatable bonds is 3. The minimum atomic E-state index is -0.645. The van der Waals surface area contributed by atoms with E-state index in [0.29, 0.717) is 10.6 Å². The summed E-state index contributed by atoms with van der Waals surface area (Å²) < 4.78 is 0. The van der Waals surface area contributed by atoms with Gasteiger partial charge >= 0.3 is 0 Å². The molecule has 0 heterocycles. The van der Waals surface area contributed by atoms with Crippen molar-refractivity contribution in [2.75, 3.05) is 5.32 Å². The van der Waals surface area contributed by atoms with E-state index in [1.165, 1.54) is 6.07 Å². The van der Waals surface area contributed by atoms with Gasteiger partial charge in [-0.2, -0.15) is 0 Å². The maximum Gasteiger partial charge on any atom is 0.242 e. The standard InChI is InChI=1S/C12H15Cl2NO2/c1-6(2)10(14)12(17)15-9-5-8(13)4-7(3)11(9)16/h4-6,10,16H,1-3H3,(H,15,17)/t10-/m0/s1. The molecule has 0 radical (unpaired) electrons. The average molecular weight is 276 g/mol. The summed E-state index contributed by atoms with van der Waals surface area (Å²) in [5, 5.41) is 12.1. The van der Waals surface area contributed by atoms with E-state index in [1.807, 2.05) is 13.8 Å². The molecule has 0 aliphatic rings. The van der Waals surface area contributed by atoms with Crippen LogP contribution in [0.5, 0.6) is 5.75 Å². The Bertz CT molecular complexity index is 433. The number of hydrogen-bond donors (Lipinski definition) is 2. The molecule has 0 unspecified atom stereocenters. The lowest BCUT2D eigenvalue weighted by Gasteiger charge is -2.15. The van der Waals surface area contributed by atoms with Gasteiger partial charge in [-0.25, -0.2) is 0 Å². The summed E-state index contributed by atoms with van der Waals surface area (Å²) in [4.78, 5) is 11.7. The summed E-state index contributed by atoms with van der Waals surface area (Å²) in [5.74, 6) is -0.326. The predicted octanol–water partition coefficient (Wildman–Crippen LogP) is 3.56. The van der Waals surface area contributed by atoms with Crippen molar-refractivity contribution < 1.29 is 9.90 Å². The second-order valence-electron chi connectivity index (χ2n) is 4.25. The van der Waals surface area contributed by atoms with E-state index in [-0.39, 0.29) is 23.3 Å². The highest BCUT2D eigenvalue weighted by Gasteiger charge is 2.20. The van der Waals surface area contributed by atoms with Crippen molar-refractivity contribution in [1.29, 1.82) is 0 Å². The van der Waals surface area contributed by atoms with Crippen LogP contribution in [0.3, 0.4) is 0 Å². The number of phenolic OH excluding ortho intramolecular Hbond substituents is 1. The highest BCUT2D eigenvalue weighted by molar-refractivity contribution is 6.33. The lowest BCUT2D eigenvalue weighted by atomic mass is 10.1. The maximum atomic E-state index is 11.7. The normalized spacial score (nSPS) is 12.6. The number of anilines is 1. The Kier molecular flexibility index (Phi) is 4.66. The van der Waals surface area contributed by atoms with Crippen LogP contribution < -0.4 is 5.32 Å². The van der Waals surface area contributed by atoms with Crippen LogP contribution in [-0.4, -0.2) is 16.4 Å². The van der Waals surface area contributed by atoms with Gasteiger partial charge in [0.15, 0.2) is 0 Å². The summed E-state index contributed by atoms with van der Waals surface area (Å²) >= 11 is 11.8. The van der Waals surface area contributed by atoms with E-state index in [0.717, 1.165) is 0 Å². The Morgan fingerprint density at radius 3 is 2.53 bits per heavy atom. The van der Waals surface area contributed by atoms with Gasteiger partial charge in [-0.1, -0.05) is 25.4 Å². The number of phenols is 1. The molecule has 94 valence electrons. The number of nitrogens with one attached hydrogen (secondary N) is 1. The van der Waals surface area contributed by atoms with Crippen LogP contribution in [0.2, 0.25) is 5.02 Å². The van der Waals surface area contributed by atoms with Crippen LogP contribution in [0.1, 0.15) is 19.4 Å². The SMILES string of the molecule is Cc1cc(Cl)cc(NC(=O)[C@@H](Cl)C(C)C)c1O. The molecule has 17 heavy (non-hydrogen) atoms. The molecule has 2 N–H and O–H groups in total. The third kappa shape index (κ3) is 3.51. The zero-order chi connectivity index (χ0) is 13.2. The number of aryl methyl sites for hydroxylation is 1. The topological polar surface area (TPSA) is 49.3 Å². The minimum absolute atomic E-state index is 0.00960. The molecule has 5 heteroatoms. The highest BCUT2D eigenvalue weighted by atomic mass is 35.5. The lowest BCUT2D eigenvalue weighted by Crippen LogP contribution is -2.27. The number of hydrogen-bond acceptors (Lipinski definition) is 2. The predicted molar refractivity (Wildman–Crippen MR) is 71.0 cm³/mol. The fourth-order valence-corrected chi connectivity index (χ4v) is 1.66. The first-order chi connectivity index (χ1) is 7.82. The molecular weight excluding hydrogens is 261 g/mol. The molecule has 1 rings (SSSR count). The molecule has 0 bridgehead atoms. The van der Waals surface area contributed by atoms with Gasteiger partial charge in [0, 0.05) is 5.02 Å². The van der Waals surface area contributed by atoms with Gasteiger partial charge in [-0.15, -0.1) is 11.6 Å². The number of alkyl halides is 1. The second-order valence-corrected chi connectivity index (χ2v) is 5.16. The average Bonchev–Trinajstić information content (AvgIpc) is 2.23. The van der Waals surface area contributed by atoms with Gasteiger partial charge < -0.3 is 10.4 Å². The molecule has 3 nitrogen and oxygen atoms in total. The third-order valence-corrected chi connectivity index (χ3v) is 3.28. The Morgan fingerprint density at radius 1 is 1.41 bits per heavy atom. The highest BCUT2D eigenvalue weighted by Crippen LogP contribution is 2.31. The molecule has 1 atom stereocenters. The van der Waals surface area contributed by atoms with Crippen LogP contribution in [0, 0.1) is 12.8 Å². The van der Waals surface area contributed by atoms with Crippen LogP contribution >= 0.6 is 23.2 Å². The number of halogens is 2. The van der Waals surface area contributed by atoms with E-state index in [9.17, 15) is 9.90 Å². The number of aromatic hydroxyl groups is 1. The van der Waals surface area contributed by atoms with E-state index in [2.05, 4.69) is 5.32 Å². The van der Waals surface area contributed by atoms with Crippen molar-refractivity contribution >= 4 is 34.8 Å². The van der Waals surface area contributed by atoms with E-state index < -0.39 is 5.38 Å². The van der Waals surface area contributed by atoms with Crippen LogP contribution in [-0.2, 0) is 4.79 Å². The number of amides is 1. The molecule has 1 aromatic rings. The summed E-state index contributed by atoms with van der Waals surface area (Å²) in [6, 6.07) is 3.11. The first kappa shape index (κ1) is 14.1. The van der Waals surface area contributed by atoms with Gasteiger partial charge in [0.1, 0.15) is 11.1 Å². The van der Waals surface area contributed by atoms with Gasteiger partial charge in [0.05, 0.1) is 5.69 Å². The molecule has 0 aromatic heterocycles. The number of carbonyl (C=O) groups is 1. The zero-order valence-electron chi connectivity index (χ0n) is 9.92. The molecule has 1 aromatic carbocycles. The lowest BCUT2D eigenvalue weighted by molar-refractivity contribution is -0.116. The van der Waals surface area contributed by atoms with Crippen molar-refractivity contribution in [1.82, 2.24) is 0 Å². The Balaban J connectivity index is 2.92. The summed E-state index contributed by atoms with van der Waals surface area (Å²) in [5.41, 5.74) is 0.884. The van der Waals surface area contributed by atoms with Crippen LogP contribution in [0.15, 0.2) is 12.1 Å². The van der Waals surface area contributed by atoms with Crippen molar-refractivity contribution in [3.63, 3.8) is 0 Å². The quantitative estimate of drug-likeness (QED) is 0.655.